The number of amides is 1. The van der Waals surface area contributed by atoms with Crippen LogP contribution in [0.5, 0.6) is 0 Å². The minimum atomic E-state index is -3.67. The molecule has 1 aliphatic rings. The highest BCUT2D eigenvalue weighted by Crippen LogP contribution is 2.16. The van der Waals surface area contributed by atoms with Gasteiger partial charge in [-0.05, 0) is 6.92 Å². The molecule has 1 aliphatic heterocycles. The largest absolute Gasteiger partial charge is 0.384 e. The van der Waals surface area contributed by atoms with Crippen LogP contribution >= 0.6 is 0 Å². The van der Waals surface area contributed by atoms with Gasteiger partial charge >= 0.3 is 10.2 Å². The van der Waals surface area contributed by atoms with Gasteiger partial charge in [0.05, 0.1) is 6.54 Å². The van der Waals surface area contributed by atoms with E-state index in [1.54, 1.807) is 6.92 Å². The molecule has 1 rings (SSSR count). The van der Waals surface area contributed by atoms with Gasteiger partial charge in [-0.1, -0.05) is 6.92 Å². The van der Waals surface area contributed by atoms with Crippen molar-refractivity contribution in [2.45, 2.75) is 20.0 Å². The minimum absolute atomic E-state index is 0.125. The molecule has 0 bridgehead atoms. The average Bonchev–Trinajstić information content (AvgIpc) is 2.38. The maximum Gasteiger partial charge on any atom is 0.306 e. The number of aliphatic hydroxyl groups excluding tert-OH is 1. The summed E-state index contributed by atoms with van der Waals surface area (Å²) in [6, 6.07) is 0. The van der Waals surface area contributed by atoms with Crippen LogP contribution in [-0.2, 0) is 15.0 Å². The zero-order chi connectivity index (χ0) is 10.9. The molecule has 0 aromatic heterocycles. The second kappa shape index (κ2) is 3.84. The molecule has 0 spiro atoms. The minimum Gasteiger partial charge on any atom is -0.384 e. The van der Waals surface area contributed by atoms with Crippen molar-refractivity contribution >= 4 is 16.1 Å². The number of likely N-dealkylation sites (N-methyl/N-ethyl adjacent to an activating group) is 1. The molecule has 1 saturated heterocycles. The van der Waals surface area contributed by atoms with Crippen molar-refractivity contribution < 1.29 is 18.3 Å². The predicted octanol–water partition coefficient (Wildman–Crippen LogP) is -1.22. The molecule has 0 aromatic rings. The molecule has 1 heterocycles. The van der Waals surface area contributed by atoms with E-state index in [0.717, 1.165) is 4.31 Å². The van der Waals surface area contributed by atoms with Gasteiger partial charge in [0.2, 0.25) is 0 Å². The molecular formula is C7H14N2O4S. The molecule has 0 saturated carbocycles. The van der Waals surface area contributed by atoms with E-state index in [1.807, 2.05) is 0 Å². The second-order valence-corrected chi connectivity index (χ2v) is 4.94. The van der Waals surface area contributed by atoms with Crippen LogP contribution in [0.4, 0.5) is 0 Å². The normalized spacial score (nSPS) is 23.8. The van der Waals surface area contributed by atoms with Crippen LogP contribution < -0.4 is 0 Å². The van der Waals surface area contributed by atoms with E-state index in [2.05, 4.69) is 0 Å². The Labute approximate surface area is 83.3 Å². The van der Waals surface area contributed by atoms with E-state index < -0.39 is 22.2 Å². The van der Waals surface area contributed by atoms with E-state index in [0.29, 0.717) is 13.1 Å². The monoisotopic (exact) mass is 222 g/mol. The number of rotatable bonds is 2. The lowest BCUT2D eigenvalue weighted by Crippen LogP contribution is -2.41. The van der Waals surface area contributed by atoms with Crippen molar-refractivity contribution in [1.29, 1.82) is 0 Å². The Morgan fingerprint density at radius 2 is 2.07 bits per heavy atom. The number of carbonyl (C=O) groups excluding carboxylic acids is 1. The fourth-order valence-electron chi connectivity index (χ4n) is 1.33. The van der Waals surface area contributed by atoms with Crippen molar-refractivity contribution in [3.05, 3.63) is 0 Å². The van der Waals surface area contributed by atoms with E-state index >= 15 is 0 Å². The Balaban J connectivity index is 2.90. The lowest BCUT2D eigenvalue weighted by Gasteiger charge is -2.18. The first kappa shape index (κ1) is 11.4. The van der Waals surface area contributed by atoms with Crippen molar-refractivity contribution in [3.63, 3.8) is 0 Å². The molecule has 1 amide bonds. The zero-order valence-corrected chi connectivity index (χ0v) is 8.99. The summed E-state index contributed by atoms with van der Waals surface area (Å²) < 4.78 is 25.1. The van der Waals surface area contributed by atoms with Gasteiger partial charge in [0, 0.05) is 13.1 Å². The van der Waals surface area contributed by atoms with Crippen LogP contribution in [-0.4, -0.2) is 53.8 Å². The summed E-state index contributed by atoms with van der Waals surface area (Å²) in [5, 5.41) is 9.00. The lowest BCUT2D eigenvalue weighted by atomic mass is 10.4. The third kappa shape index (κ3) is 1.75. The molecule has 7 heteroatoms. The highest BCUT2D eigenvalue weighted by Gasteiger charge is 2.39. The molecule has 0 radical (unpaired) electrons. The number of nitrogens with zero attached hydrogens (tertiary/aromatic N) is 2. The van der Waals surface area contributed by atoms with E-state index in [1.165, 1.54) is 11.2 Å². The lowest BCUT2D eigenvalue weighted by molar-refractivity contribution is -0.133. The van der Waals surface area contributed by atoms with Crippen LogP contribution in [0, 0.1) is 0 Å². The van der Waals surface area contributed by atoms with Crippen LogP contribution in [0.15, 0.2) is 0 Å². The maximum absolute atomic E-state index is 11.6. The first-order valence-electron chi connectivity index (χ1n) is 4.41. The van der Waals surface area contributed by atoms with Gasteiger partial charge in [-0.2, -0.15) is 12.7 Å². The first-order chi connectivity index (χ1) is 6.41. The summed E-state index contributed by atoms with van der Waals surface area (Å²) in [7, 11) is -3.67. The fraction of sp³-hybridized carbons (Fsp3) is 0.857. The van der Waals surface area contributed by atoms with Gasteiger partial charge in [0.1, 0.15) is 6.10 Å². The smallest absolute Gasteiger partial charge is 0.306 e. The number of carbonyl (C=O) groups is 1. The fourth-order valence-corrected chi connectivity index (χ4v) is 2.94. The standard InChI is InChI=1S/C7H14N2O4S/c1-3-8-4-5-9(14(8,12)13)7(11)6(2)10/h6,10H,3-5H2,1-2H3. The number of aliphatic hydroxyl groups is 1. The van der Waals surface area contributed by atoms with Gasteiger partial charge in [0.25, 0.3) is 5.91 Å². The van der Waals surface area contributed by atoms with Crippen molar-refractivity contribution in [2.75, 3.05) is 19.6 Å². The molecule has 6 nitrogen and oxygen atoms in total. The van der Waals surface area contributed by atoms with Crippen molar-refractivity contribution in [2.24, 2.45) is 0 Å². The average molecular weight is 222 g/mol. The molecule has 1 N–H and O–H groups in total. The summed E-state index contributed by atoms with van der Waals surface area (Å²) in [6.07, 6.45) is -1.28. The van der Waals surface area contributed by atoms with Crippen LogP contribution in [0.2, 0.25) is 0 Å². The highest BCUT2D eigenvalue weighted by atomic mass is 32.2. The summed E-state index contributed by atoms with van der Waals surface area (Å²) in [4.78, 5) is 11.3. The van der Waals surface area contributed by atoms with Crippen molar-refractivity contribution in [1.82, 2.24) is 8.61 Å². The quantitative estimate of drug-likeness (QED) is 0.635. The van der Waals surface area contributed by atoms with Gasteiger partial charge in [0.15, 0.2) is 0 Å². The molecule has 0 aromatic carbocycles. The van der Waals surface area contributed by atoms with Gasteiger partial charge in [-0.15, -0.1) is 0 Å². The van der Waals surface area contributed by atoms with Crippen LogP contribution in [0.1, 0.15) is 13.8 Å². The molecule has 1 fully saturated rings. The molecule has 14 heavy (non-hydrogen) atoms. The highest BCUT2D eigenvalue weighted by molar-refractivity contribution is 7.87. The maximum atomic E-state index is 11.6. The van der Waals surface area contributed by atoms with E-state index in [-0.39, 0.29) is 6.54 Å². The SMILES string of the molecule is CCN1CCN(C(=O)C(C)O)S1(=O)=O. The molecular weight excluding hydrogens is 208 g/mol. The summed E-state index contributed by atoms with van der Waals surface area (Å²) in [5.41, 5.74) is 0. The predicted molar refractivity (Wildman–Crippen MR) is 49.6 cm³/mol. The summed E-state index contributed by atoms with van der Waals surface area (Å²) >= 11 is 0. The third-order valence-corrected chi connectivity index (χ3v) is 4.13. The Kier molecular flexibility index (Phi) is 3.13. The second-order valence-electron chi connectivity index (χ2n) is 3.09. The number of hydrogen-bond donors (Lipinski definition) is 1. The first-order valence-corrected chi connectivity index (χ1v) is 5.80. The van der Waals surface area contributed by atoms with Gasteiger partial charge in [-0.25, -0.2) is 4.31 Å². The zero-order valence-electron chi connectivity index (χ0n) is 8.17. The van der Waals surface area contributed by atoms with Gasteiger partial charge < -0.3 is 5.11 Å². The van der Waals surface area contributed by atoms with Crippen LogP contribution in [0.3, 0.4) is 0 Å². The Morgan fingerprint density at radius 1 is 1.50 bits per heavy atom. The Morgan fingerprint density at radius 3 is 2.43 bits per heavy atom. The van der Waals surface area contributed by atoms with Crippen molar-refractivity contribution in [3.8, 4) is 0 Å². The Bertz CT molecular complexity index is 325. The molecule has 82 valence electrons. The van der Waals surface area contributed by atoms with E-state index in [9.17, 15) is 13.2 Å². The number of hydrogen-bond acceptors (Lipinski definition) is 4. The Hall–Kier alpha value is -0.660. The topological polar surface area (TPSA) is 77.9 Å². The third-order valence-electron chi connectivity index (χ3n) is 2.11. The molecule has 0 aliphatic carbocycles. The van der Waals surface area contributed by atoms with E-state index in [4.69, 9.17) is 5.11 Å². The summed E-state index contributed by atoms with van der Waals surface area (Å²) in [6.45, 7) is 3.73. The molecule has 1 atom stereocenters. The molecule has 1 unspecified atom stereocenters. The summed E-state index contributed by atoms with van der Waals surface area (Å²) in [5.74, 6) is -0.763. The van der Waals surface area contributed by atoms with Gasteiger partial charge in [-0.3, -0.25) is 4.79 Å². The van der Waals surface area contributed by atoms with Crippen LogP contribution in [0.25, 0.3) is 0 Å².